The molecule has 1 saturated heterocycles. The average molecular weight is 278 g/mol. The van der Waals surface area contributed by atoms with E-state index >= 15 is 0 Å². The van der Waals surface area contributed by atoms with Gasteiger partial charge in [-0.1, -0.05) is 0 Å². The molecule has 3 unspecified atom stereocenters. The molecule has 1 heterocycles. The van der Waals surface area contributed by atoms with E-state index in [0.717, 1.165) is 0 Å². The second kappa shape index (κ2) is 6.84. The first-order chi connectivity index (χ1) is 6.78. The summed E-state index contributed by atoms with van der Waals surface area (Å²) in [6, 6.07) is 0. The third-order valence-corrected chi connectivity index (χ3v) is 3.06. The molecule has 0 amide bonds. The SMILES string of the molecule is PO[C@H]1[C@H](OP)COC(OS)[C@@H]1OS. The highest BCUT2D eigenvalue weighted by Crippen LogP contribution is 2.27. The molecule has 0 aliphatic carbocycles. The van der Waals surface area contributed by atoms with Crippen molar-refractivity contribution >= 4 is 44.8 Å². The second-order valence-electron chi connectivity index (χ2n) is 2.65. The van der Waals surface area contributed by atoms with E-state index in [1.165, 1.54) is 0 Å². The summed E-state index contributed by atoms with van der Waals surface area (Å²) in [5.41, 5.74) is 0. The van der Waals surface area contributed by atoms with Crippen LogP contribution in [-0.4, -0.2) is 31.2 Å². The molecule has 84 valence electrons. The van der Waals surface area contributed by atoms with Crippen molar-refractivity contribution in [1.82, 2.24) is 0 Å². The van der Waals surface area contributed by atoms with E-state index in [1.54, 1.807) is 0 Å². The van der Waals surface area contributed by atoms with Crippen molar-refractivity contribution in [3.8, 4) is 0 Å². The third kappa shape index (κ3) is 2.94. The molecular weight excluding hydrogens is 266 g/mol. The molecule has 0 spiro atoms. The molecule has 14 heavy (non-hydrogen) atoms. The molecule has 0 N–H and O–H groups in total. The summed E-state index contributed by atoms with van der Waals surface area (Å²) < 4.78 is 25.1. The van der Waals surface area contributed by atoms with Crippen molar-refractivity contribution < 1.29 is 22.2 Å². The van der Waals surface area contributed by atoms with Crippen LogP contribution in [0.25, 0.3) is 0 Å². The molecule has 0 radical (unpaired) electrons. The van der Waals surface area contributed by atoms with Crippen LogP contribution in [0.3, 0.4) is 0 Å². The summed E-state index contributed by atoms with van der Waals surface area (Å²) in [7, 11) is 4.30. The summed E-state index contributed by atoms with van der Waals surface area (Å²) >= 11 is 7.39. The lowest BCUT2D eigenvalue weighted by molar-refractivity contribution is -0.211. The van der Waals surface area contributed by atoms with Crippen LogP contribution in [0.2, 0.25) is 0 Å². The normalized spacial score (nSPS) is 38.6. The maximum Gasteiger partial charge on any atom is 0.200 e. The number of thiol groups is 2. The molecule has 6 atom stereocenters. The van der Waals surface area contributed by atoms with E-state index in [4.69, 9.17) is 22.2 Å². The monoisotopic (exact) mass is 278 g/mol. The lowest BCUT2D eigenvalue weighted by atomic mass is 10.1. The first-order valence-electron chi connectivity index (χ1n) is 3.71. The molecule has 1 rings (SSSR count). The summed E-state index contributed by atoms with van der Waals surface area (Å²) in [6.45, 7) is 0.335. The molecule has 5 nitrogen and oxygen atoms in total. The molecule has 0 aromatic heterocycles. The fraction of sp³-hybridized carbons (Fsp3) is 1.00. The number of ether oxygens (including phenoxy) is 1. The first-order valence-corrected chi connectivity index (χ1v) is 5.39. The van der Waals surface area contributed by atoms with Crippen LogP contribution in [-0.2, 0) is 22.2 Å². The lowest BCUT2D eigenvalue weighted by Gasteiger charge is -2.38. The van der Waals surface area contributed by atoms with Gasteiger partial charge in [0.2, 0.25) is 0 Å². The zero-order valence-corrected chi connectivity index (χ0v) is 11.2. The molecule has 0 bridgehead atoms. The van der Waals surface area contributed by atoms with Crippen LogP contribution < -0.4 is 0 Å². The Balaban J connectivity index is 2.67. The fourth-order valence-electron chi connectivity index (χ4n) is 1.23. The summed E-state index contributed by atoms with van der Waals surface area (Å²) in [5.74, 6) is 0. The molecule has 1 aliphatic rings. The van der Waals surface area contributed by atoms with Gasteiger partial charge in [0.15, 0.2) is 12.4 Å². The summed E-state index contributed by atoms with van der Waals surface area (Å²) in [4.78, 5) is 0. The predicted molar refractivity (Wildman–Crippen MR) is 62.8 cm³/mol. The standard InChI is InChI=1S/C5H12O5P2S2/c11-7-2-1-6-5(10-14)4(9-13)3(2)8-12/h2-5,13-14H,1,11-12H2/t2-,3+,4-,5?/m1/s1. The maximum atomic E-state index is 5.27. The highest BCUT2D eigenvalue weighted by atomic mass is 32.1. The van der Waals surface area contributed by atoms with Crippen molar-refractivity contribution in [1.29, 1.82) is 0 Å². The van der Waals surface area contributed by atoms with Crippen LogP contribution in [0.1, 0.15) is 0 Å². The number of rotatable bonds is 4. The highest BCUT2D eigenvalue weighted by Gasteiger charge is 2.42. The second-order valence-corrected chi connectivity index (χ2v) is 3.62. The van der Waals surface area contributed by atoms with Gasteiger partial charge < -0.3 is 18.0 Å². The average Bonchev–Trinajstić information content (AvgIpc) is 2.26. The van der Waals surface area contributed by atoms with Crippen LogP contribution in [0.4, 0.5) is 0 Å². The van der Waals surface area contributed by atoms with Crippen LogP contribution in [0, 0.1) is 0 Å². The largest absolute Gasteiger partial charge is 0.357 e. The van der Waals surface area contributed by atoms with Crippen molar-refractivity contribution in [2.75, 3.05) is 6.61 Å². The van der Waals surface area contributed by atoms with Crippen molar-refractivity contribution in [2.45, 2.75) is 24.6 Å². The van der Waals surface area contributed by atoms with Crippen LogP contribution in [0.15, 0.2) is 0 Å². The van der Waals surface area contributed by atoms with E-state index in [0.29, 0.717) is 6.61 Å². The van der Waals surface area contributed by atoms with E-state index in [-0.39, 0.29) is 12.2 Å². The molecule has 0 saturated carbocycles. The quantitative estimate of drug-likeness (QED) is 0.452. The van der Waals surface area contributed by atoms with Crippen LogP contribution in [0.5, 0.6) is 0 Å². The zero-order chi connectivity index (χ0) is 10.6. The van der Waals surface area contributed by atoms with E-state index in [9.17, 15) is 0 Å². The molecule has 1 aliphatic heterocycles. The Kier molecular flexibility index (Phi) is 6.56. The number of hydrogen-bond acceptors (Lipinski definition) is 7. The van der Waals surface area contributed by atoms with Gasteiger partial charge in [-0.3, -0.25) is 4.18 Å². The minimum absolute atomic E-state index is 0.255. The molecule has 1 fully saturated rings. The smallest absolute Gasteiger partial charge is 0.200 e. The Bertz CT molecular complexity index is 158. The Morgan fingerprint density at radius 2 is 1.79 bits per heavy atom. The first kappa shape index (κ1) is 13.4. The van der Waals surface area contributed by atoms with Gasteiger partial charge in [0.1, 0.15) is 12.2 Å². The van der Waals surface area contributed by atoms with Crippen molar-refractivity contribution in [2.24, 2.45) is 0 Å². The molecule has 0 aromatic rings. The van der Waals surface area contributed by atoms with Gasteiger partial charge in [-0.15, -0.1) is 0 Å². The Labute approximate surface area is 98.3 Å². The topological polar surface area (TPSA) is 46.2 Å². The van der Waals surface area contributed by atoms with E-state index < -0.39 is 12.4 Å². The molecule has 9 heteroatoms. The van der Waals surface area contributed by atoms with Crippen molar-refractivity contribution in [3.63, 3.8) is 0 Å². The van der Waals surface area contributed by atoms with Gasteiger partial charge in [-0.25, -0.2) is 0 Å². The fourth-order valence-corrected chi connectivity index (χ4v) is 2.19. The Hall–Kier alpha value is 1.36. The maximum absolute atomic E-state index is 5.27. The van der Waals surface area contributed by atoms with Crippen LogP contribution >= 0.6 is 44.8 Å². The molecule has 0 aromatic carbocycles. The van der Waals surface area contributed by atoms with Crippen molar-refractivity contribution in [3.05, 3.63) is 0 Å². The third-order valence-electron chi connectivity index (χ3n) is 1.94. The molecular formula is C5H12O5P2S2. The zero-order valence-electron chi connectivity index (χ0n) is 7.11. The van der Waals surface area contributed by atoms with Gasteiger partial charge in [0.05, 0.1) is 6.61 Å². The van der Waals surface area contributed by atoms with Gasteiger partial charge in [0.25, 0.3) is 0 Å². The van der Waals surface area contributed by atoms with E-state index in [2.05, 4.69) is 44.8 Å². The Morgan fingerprint density at radius 1 is 1.07 bits per heavy atom. The lowest BCUT2D eigenvalue weighted by Crippen LogP contribution is -2.53. The minimum Gasteiger partial charge on any atom is -0.357 e. The Morgan fingerprint density at radius 3 is 2.21 bits per heavy atom. The minimum atomic E-state index is -0.627. The van der Waals surface area contributed by atoms with Gasteiger partial charge in [-0.05, 0) is 25.8 Å². The van der Waals surface area contributed by atoms with Gasteiger partial charge in [-0.2, -0.15) is 0 Å². The van der Waals surface area contributed by atoms with Gasteiger partial charge in [0, 0.05) is 18.9 Å². The highest BCUT2D eigenvalue weighted by molar-refractivity contribution is 7.75. The van der Waals surface area contributed by atoms with E-state index in [1.807, 2.05) is 0 Å². The van der Waals surface area contributed by atoms with Gasteiger partial charge >= 0.3 is 0 Å². The summed E-state index contributed by atoms with van der Waals surface area (Å²) in [5, 5.41) is 0. The predicted octanol–water partition coefficient (Wildman–Crippen LogP) is 0.785. The summed E-state index contributed by atoms with van der Waals surface area (Å²) in [6.07, 6.45) is -1.74. The number of hydrogen-bond donors (Lipinski definition) is 2.